The number of rotatable bonds is 7. The van der Waals surface area contributed by atoms with Gasteiger partial charge in [-0.05, 0) is 44.1 Å². The van der Waals surface area contributed by atoms with E-state index in [1.165, 1.54) is 24.0 Å². The molecule has 0 aromatic heterocycles. The Bertz CT molecular complexity index is 409. The predicted molar refractivity (Wildman–Crippen MR) is 77.8 cm³/mol. The summed E-state index contributed by atoms with van der Waals surface area (Å²) in [4.78, 5) is 11.8. The van der Waals surface area contributed by atoms with Crippen molar-refractivity contribution in [1.29, 1.82) is 0 Å². The Morgan fingerprint density at radius 3 is 2.63 bits per heavy atom. The molecule has 1 aromatic carbocycles. The predicted octanol–water partition coefficient (Wildman–Crippen LogP) is 2.17. The summed E-state index contributed by atoms with van der Waals surface area (Å²) in [5, 5.41) is 3.06. The first-order valence-electron chi connectivity index (χ1n) is 7.24. The number of aryl methyl sites for hydroxylation is 2. The lowest BCUT2D eigenvalue weighted by molar-refractivity contribution is -0.122. The Balaban J connectivity index is 1.67. The Hall–Kier alpha value is -1.35. The Morgan fingerprint density at radius 2 is 2.05 bits per heavy atom. The van der Waals surface area contributed by atoms with Gasteiger partial charge in [-0.2, -0.15) is 0 Å². The fourth-order valence-corrected chi connectivity index (χ4v) is 2.35. The number of hydrogen-bond acceptors (Lipinski definition) is 2. The molecule has 0 bridgehead atoms. The Labute approximate surface area is 115 Å². The number of benzene rings is 1. The van der Waals surface area contributed by atoms with E-state index in [0.29, 0.717) is 18.9 Å². The average molecular weight is 260 g/mol. The quantitative estimate of drug-likeness (QED) is 0.789. The second-order valence-corrected chi connectivity index (χ2v) is 5.59. The smallest absolute Gasteiger partial charge is 0.220 e. The van der Waals surface area contributed by atoms with Crippen molar-refractivity contribution < 1.29 is 4.79 Å². The topological polar surface area (TPSA) is 55.1 Å². The molecule has 1 aliphatic carbocycles. The minimum atomic E-state index is 0.148. The SMILES string of the molecule is Cc1ccc(CCCC(=O)NC(CN)C2CC2)cc1. The van der Waals surface area contributed by atoms with Gasteiger partial charge in [0.05, 0.1) is 0 Å². The van der Waals surface area contributed by atoms with Crippen LogP contribution in [0.25, 0.3) is 0 Å². The molecule has 1 amide bonds. The maximum absolute atomic E-state index is 11.8. The molecule has 1 aromatic rings. The Morgan fingerprint density at radius 1 is 1.37 bits per heavy atom. The van der Waals surface area contributed by atoms with E-state index in [1.807, 2.05) is 0 Å². The molecular weight excluding hydrogens is 236 g/mol. The zero-order valence-corrected chi connectivity index (χ0v) is 11.7. The lowest BCUT2D eigenvalue weighted by Gasteiger charge is -2.15. The first kappa shape index (κ1) is 14.1. The van der Waals surface area contributed by atoms with Crippen LogP contribution in [0.4, 0.5) is 0 Å². The van der Waals surface area contributed by atoms with Gasteiger partial charge in [-0.1, -0.05) is 29.8 Å². The van der Waals surface area contributed by atoms with E-state index in [2.05, 4.69) is 36.5 Å². The third-order valence-corrected chi connectivity index (χ3v) is 3.78. The first-order valence-corrected chi connectivity index (χ1v) is 7.24. The van der Waals surface area contributed by atoms with Gasteiger partial charge in [0.1, 0.15) is 0 Å². The molecule has 104 valence electrons. The normalized spacial score (nSPS) is 16.1. The van der Waals surface area contributed by atoms with Crippen molar-refractivity contribution in [3.8, 4) is 0 Å². The van der Waals surface area contributed by atoms with Crippen LogP contribution in [0.5, 0.6) is 0 Å². The molecule has 0 radical (unpaired) electrons. The van der Waals surface area contributed by atoms with Crippen LogP contribution in [0, 0.1) is 12.8 Å². The third kappa shape index (κ3) is 4.67. The van der Waals surface area contributed by atoms with E-state index < -0.39 is 0 Å². The van der Waals surface area contributed by atoms with Gasteiger partial charge < -0.3 is 11.1 Å². The van der Waals surface area contributed by atoms with E-state index >= 15 is 0 Å². The molecule has 0 spiro atoms. The van der Waals surface area contributed by atoms with E-state index in [1.54, 1.807) is 0 Å². The number of carbonyl (C=O) groups excluding carboxylic acids is 1. The molecule has 0 heterocycles. The fourth-order valence-electron chi connectivity index (χ4n) is 2.35. The maximum Gasteiger partial charge on any atom is 0.220 e. The summed E-state index contributed by atoms with van der Waals surface area (Å²) in [5.74, 6) is 0.778. The van der Waals surface area contributed by atoms with Crippen LogP contribution in [0.2, 0.25) is 0 Å². The summed E-state index contributed by atoms with van der Waals surface area (Å²) in [6, 6.07) is 8.71. The van der Waals surface area contributed by atoms with Crippen molar-refractivity contribution >= 4 is 5.91 Å². The molecule has 0 saturated heterocycles. The number of nitrogens with one attached hydrogen (secondary N) is 1. The van der Waals surface area contributed by atoms with Crippen LogP contribution in [0.1, 0.15) is 36.8 Å². The summed E-state index contributed by atoms with van der Waals surface area (Å²) < 4.78 is 0. The minimum Gasteiger partial charge on any atom is -0.352 e. The molecule has 0 aliphatic heterocycles. The molecule has 3 N–H and O–H groups in total. The molecule has 1 fully saturated rings. The second-order valence-electron chi connectivity index (χ2n) is 5.59. The third-order valence-electron chi connectivity index (χ3n) is 3.78. The summed E-state index contributed by atoms with van der Waals surface area (Å²) in [7, 11) is 0. The van der Waals surface area contributed by atoms with Crippen LogP contribution in [-0.2, 0) is 11.2 Å². The number of nitrogens with two attached hydrogens (primary N) is 1. The van der Waals surface area contributed by atoms with Crippen molar-refractivity contribution in [2.45, 2.75) is 45.1 Å². The lowest BCUT2D eigenvalue weighted by Crippen LogP contribution is -2.41. The highest BCUT2D eigenvalue weighted by Crippen LogP contribution is 2.32. The average Bonchev–Trinajstić information content (AvgIpc) is 3.23. The van der Waals surface area contributed by atoms with Crippen LogP contribution in [0.15, 0.2) is 24.3 Å². The number of hydrogen-bond donors (Lipinski definition) is 2. The zero-order chi connectivity index (χ0) is 13.7. The molecule has 3 nitrogen and oxygen atoms in total. The van der Waals surface area contributed by atoms with Crippen molar-refractivity contribution in [3.05, 3.63) is 35.4 Å². The van der Waals surface area contributed by atoms with E-state index in [-0.39, 0.29) is 11.9 Å². The van der Waals surface area contributed by atoms with Crippen LogP contribution >= 0.6 is 0 Å². The first-order chi connectivity index (χ1) is 9.19. The lowest BCUT2D eigenvalue weighted by atomic mass is 10.1. The highest BCUT2D eigenvalue weighted by Gasteiger charge is 2.30. The molecule has 1 unspecified atom stereocenters. The van der Waals surface area contributed by atoms with E-state index in [9.17, 15) is 4.79 Å². The van der Waals surface area contributed by atoms with Gasteiger partial charge in [0.25, 0.3) is 0 Å². The highest BCUT2D eigenvalue weighted by atomic mass is 16.1. The number of carbonyl (C=O) groups is 1. The maximum atomic E-state index is 11.8. The monoisotopic (exact) mass is 260 g/mol. The van der Waals surface area contributed by atoms with Gasteiger partial charge in [0, 0.05) is 19.0 Å². The van der Waals surface area contributed by atoms with E-state index in [0.717, 1.165) is 12.8 Å². The molecule has 19 heavy (non-hydrogen) atoms. The van der Waals surface area contributed by atoms with Crippen LogP contribution < -0.4 is 11.1 Å². The van der Waals surface area contributed by atoms with Crippen molar-refractivity contribution in [1.82, 2.24) is 5.32 Å². The van der Waals surface area contributed by atoms with Gasteiger partial charge in [-0.15, -0.1) is 0 Å². The molecule has 3 heteroatoms. The van der Waals surface area contributed by atoms with Crippen molar-refractivity contribution in [2.24, 2.45) is 11.7 Å². The standard InChI is InChI=1S/C16H24N2O/c1-12-5-7-13(8-6-12)3-2-4-16(19)18-15(11-17)14-9-10-14/h5-8,14-15H,2-4,9-11,17H2,1H3,(H,18,19). The molecule has 1 atom stereocenters. The molecule has 1 aliphatic rings. The van der Waals surface area contributed by atoms with Crippen LogP contribution in [-0.4, -0.2) is 18.5 Å². The second kappa shape index (κ2) is 6.71. The molecule has 1 saturated carbocycles. The van der Waals surface area contributed by atoms with Crippen LogP contribution in [0.3, 0.4) is 0 Å². The fraction of sp³-hybridized carbons (Fsp3) is 0.562. The van der Waals surface area contributed by atoms with E-state index in [4.69, 9.17) is 5.73 Å². The summed E-state index contributed by atoms with van der Waals surface area (Å²) in [5.41, 5.74) is 8.26. The van der Waals surface area contributed by atoms with Crippen molar-refractivity contribution in [2.75, 3.05) is 6.54 Å². The molecule has 2 rings (SSSR count). The Kier molecular flexibility index (Phi) is 4.97. The molecular formula is C16H24N2O. The summed E-state index contributed by atoms with van der Waals surface area (Å²) in [6.45, 7) is 2.65. The van der Waals surface area contributed by atoms with Gasteiger partial charge in [-0.3, -0.25) is 4.79 Å². The number of amides is 1. The zero-order valence-electron chi connectivity index (χ0n) is 11.7. The summed E-state index contributed by atoms with van der Waals surface area (Å²) >= 11 is 0. The highest BCUT2D eigenvalue weighted by molar-refractivity contribution is 5.76. The van der Waals surface area contributed by atoms with Gasteiger partial charge in [0.2, 0.25) is 5.91 Å². The van der Waals surface area contributed by atoms with Gasteiger partial charge >= 0.3 is 0 Å². The summed E-state index contributed by atoms with van der Waals surface area (Å²) in [6.07, 6.45) is 4.88. The largest absolute Gasteiger partial charge is 0.352 e. The minimum absolute atomic E-state index is 0.148. The van der Waals surface area contributed by atoms with Gasteiger partial charge in [0.15, 0.2) is 0 Å². The van der Waals surface area contributed by atoms with Gasteiger partial charge in [-0.25, -0.2) is 0 Å². The van der Waals surface area contributed by atoms with Crippen molar-refractivity contribution in [3.63, 3.8) is 0 Å².